The normalized spacial score (nSPS) is 10.6. The Morgan fingerprint density at radius 2 is 1.63 bits per heavy atom. The molecule has 100 valence electrons. The molecule has 3 N–H and O–H groups in total. The van der Waals surface area contributed by atoms with Crippen LogP contribution in [0, 0.1) is 31.3 Å². The van der Waals surface area contributed by atoms with Gasteiger partial charge in [-0.05, 0) is 13.8 Å². The highest BCUT2D eigenvalue weighted by Crippen LogP contribution is 2.26. The van der Waals surface area contributed by atoms with E-state index in [2.05, 4.69) is 15.3 Å². The predicted octanol–water partition coefficient (Wildman–Crippen LogP) is 2.84. The average molecular weight is 268 g/mol. The van der Waals surface area contributed by atoms with Crippen LogP contribution in [-0.2, 0) is 0 Å². The molecule has 2 aromatic rings. The first-order chi connectivity index (χ1) is 8.88. The van der Waals surface area contributed by atoms with Crippen LogP contribution in [0.4, 0.5) is 30.5 Å². The molecule has 0 saturated heterocycles. The van der Waals surface area contributed by atoms with Gasteiger partial charge in [0.1, 0.15) is 29.0 Å². The van der Waals surface area contributed by atoms with Gasteiger partial charge in [0.2, 0.25) is 0 Å². The fraction of sp³-hybridized carbons (Fsp3) is 0.167. The van der Waals surface area contributed by atoms with E-state index in [0.717, 1.165) is 0 Å². The maximum absolute atomic E-state index is 13.5. The van der Waals surface area contributed by atoms with Crippen molar-refractivity contribution in [2.24, 2.45) is 0 Å². The van der Waals surface area contributed by atoms with Crippen molar-refractivity contribution in [1.29, 1.82) is 0 Å². The highest BCUT2D eigenvalue weighted by molar-refractivity contribution is 5.64. The van der Waals surface area contributed by atoms with Crippen LogP contribution in [-0.4, -0.2) is 9.97 Å². The molecule has 2 rings (SSSR count). The van der Waals surface area contributed by atoms with Crippen LogP contribution in [0.3, 0.4) is 0 Å². The summed E-state index contributed by atoms with van der Waals surface area (Å²) in [7, 11) is 0. The van der Waals surface area contributed by atoms with Gasteiger partial charge in [-0.1, -0.05) is 0 Å². The smallest absolute Gasteiger partial charge is 0.152 e. The second-order valence-corrected chi connectivity index (χ2v) is 4.00. The highest BCUT2D eigenvalue weighted by Gasteiger charge is 2.14. The number of aryl methyl sites for hydroxylation is 1. The van der Waals surface area contributed by atoms with Crippen molar-refractivity contribution < 1.29 is 13.2 Å². The van der Waals surface area contributed by atoms with Crippen LogP contribution in [0.5, 0.6) is 0 Å². The monoisotopic (exact) mass is 268 g/mol. The fourth-order valence-corrected chi connectivity index (χ4v) is 1.55. The number of nitrogens with two attached hydrogens (primary N) is 1. The Bertz CT molecular complexity index is 620. The molecular weight excluding hydrogens is 257 g/mol. The lowest BCUT2D eigenvalue weighted by molar-refractivity contribution is 0.548. The van der Waals surface area contributed by atoms with Gasteiger partial charge < -0.3 is 11.1 Å². The lowest BCUT2D eigenvalue weighted by atomic mass is 10.2. The predicted molar refractivity (Wildman–Crippen MR) is 65.5 cm³/mol. The van der Waals surface area contributed by atoms with Gasteiger partial charge in [-0.3, -0.25) is 0 Å². The van der Waals surface area contributed by atoms with Gasteiger partial charge in [-0.25, -0.2) is 23.1 Å². The van der Waals surface area contributed by atoms with E-state index in [0.29, 0.717) is 23.5 Å². The van der Waals surface area contributed by atoms with Crippen molar-refractivity contribution in [3.05, 3.63) is 41.0 Å². The van der Waals surface area contributed by atoms with Gasteiger partial charge in [0.05, 0.1) is 0 Å². The Balaban J connectivity index is 2.48. The molecular formula is C12H11F3N4. The highest BCUT2D eigenvalue weighted by atomic mass is 19.1. The van der Waals surface area contributed by atoms with Gasteiger partial charge in [0.15, 0.2) is 11.6 Å². The van der Waals surface area contributed by atoms with E-state index in [1.165, 1.54) is 0 Å². The van der Waals surface area contributed by atoms with Crippen LogP contribution in [0.2, 0.25) is 0 Å². The Labute approximate surface area is 107 Å². The minimum Gasteiger partial charge on any atom is -0.383 e. The third-order valence-corrected chi connectivity index (χ3v) is 2.55. The van der Waals surface area contributed by atoms with Crippen LogP contribution in [0.25, 0.3) is 0 Å². The summed E-state index contributed by atoms with van der Waals surface area (Å²) in [6.45, 7) is 3.20. The summed E-state index contributed by atoms with van der Waals surface area (Å²) < 4.78 is 39.8. The molecule has 0 aliphatic heterocycles. The molecule has 0 bridgehead atoms. The van der Waals surface area contributed by atoms with Gasteiger partial charge >= 0.3 is 0 Å². The lowest BCUT2D eigenvalue weighted by Gasteiger charge is -2.12. The first kappa shape index (κ1) is 13.1. The zero-order valence-corrected chi connectivity index (χ0v) is 10.3. The number of aromatic nitrogens is 2. The molecule has 1 aromatic heterocycles. The topological polar surface area (TPSA) is 63.8 Å². The molecule has 0 spiro atoms. The van der Waals surface area contributed by atoms with E-state index in [4.69, 9.17) is 5.73 Å². The zero-order chi connectivity index (χ0) is 14.2. The molecule has 7 heteroatoms. The van der Waals surface area contributed by atoms with Crippen LogP contribution < -0.4 is 11.1 Å². The summed E-state index contributed by atoms with van der Waals surface area (Å²) in [6.07, 6.45) is 0. The lowest BCUT2D eigenvalue weighted by Crippen LogP contribution is -2.07. The van der Waals surface area contributed by atoms with Gasteiger partial charge in [0, 0.05) is 17.7 Å². The molecule has 0 fully saturated rings. The van der Waals surface area contributed by atoms with E-state index < -0.39 is 23.1 Å². The average Bonchev–Trinajstić information content (AvgIpc) is 2.29. The van der Waals surface area contributed by atoms with Crippen molar-refractivity contribution in [2.45, 2.75) is 13.8 Å². The number of hydrogen-bond acceptors (Lipinski definition) is 4. The van der Waals surface area contributed by atoms with Gasteiger partial charge in [0.25, 0.3) is 0 Å². The largest absolute Gasteiger partial charge is 0.383 e. The minimum atomic E-state index is -1.05. The fourth-order valence-electron chi connectivity index (χ4n) is 1.55. The van der Waals surface area contributed by atoms with Crippen molar-refractivity contribution in [3.63, 3.8) is 0 Å². The zero-order valence-electron chi connectivity index (χ0n) is 10.3. The summed E-state index contributed by atoms with van der Waals surface area (Å²) >= 11 is 0. The maximum atomic E-state index is 13.5. The summed E-state index contributed by atoms with van der Waals surface area (Å²) in [5.74, 6) is -2.35. The van der Waals surface area contributed by atoms with E-state index in [-0.39, 0.29) is 11.6 Å². The van der Waals surface area contributed by atoms with Crippen molar-refractivity contribution >= 4 is 17.3 Å². The van der Waals surface area contributed by atoms with Crippen molar-refractivity contribution in [3.8, 4) is 0 Å². The summed E-state index contributed by atoms with van der Waals surface area (Å²) in [4.78, 5) is 7.92. The van der Waals surface area contributed by atoms with Gasteiger partial charge in [-0.2, -0.15) is 0 Å². The van der Waals surface area contributed by atoms with Crippen LogP contribution >= 0.6 is 0 Å². The van der Waals surface area contributed by atoms with Crippen molar-refractivity contribution in [1.82, 2.24) is 9.97 Å². The molecule has 0 amide bonds. The summed E-state index contributed by atoms with van der Waals surface area (Å²) in [5, 5.41) is 2.47. The molecule has 0 unspecified atom stereocenters. The molecule has 0 aliphatic rings. The van der Waals surface area contributed by atoms with Crippen molar-refractivity contribution in [2.75, 3.05) is 11.1 Å². The van der Waals surface area contributed by atoms with Crippen LogP contribution in [0.15, 0.2) is 12.1 Å². The Kier molecular flexibility index (Phi) is 3.28. The number of anilines is 3. The SMILES string of the molecule is Cc1nc(N)c(C)c(Nc2c(F)cc(F)cc2F)n1. The quantitative estimate of drug-likeness (QED) is 0.879. The molecule has 0 saturated carbocycles. The third kappa shape index (κ3) is 2.59. The van der Waals surface area contributed by atoms with Crippen LogP contribution in [0.1, 0.15) is 11.4 Å². The van der Waals surface area contributed by atoms with E-state index in [1.54, 1.807) is 13.8 Å². The molecule has 19 heavy (non-hydrogen) atoms. The number of nitrogen functional groups attached to an aromatic ring is 1. The first-order valence-corrected chi connectivity index (χ1v) is 5.40. The number of nitrogens with zero attached hydrogens (tertiary/aromatic N) is 2. The third-order valence-electron chi connectivity index (χ3n) is 2.55. The Hall–Kier alpha value is -2.31. The standard InChI is InChI=1S/C12H11F3N4/c1-5-11(16)17-6(2)18-12(5)19-10-8(14)3-7(13)4-9(10)15/h3-4H,1-2H3,(H3,16,17,18,19). The number of rotatable bonds is 2. The number of benzene rings is 1. The van der Waals surface area contributed by atoms with Gasteiger partial charge in [-0.15, -0.1) is 0 Å². The number of nitrogens with one attached hydrogen (secondary N) is 1. The van der Waals surface area contributed by atoms with E-state index in [9.17, 15) is 13.2 Å². The number of hydrogen-bond donors (Lipinski definition) is 2. The molecule has 0 atom stereocenters. The Morgan fingerprint density at radius 1 is 1.05 bits per heavy atom. The van der Waals surface area contributed by atoms with E-state index in [1.807, 2.05) is 0 Å². The maximum Gasteiger partial charge on any atom is 0.152 e. The second kappa shape index (κ2) is 4.75. The van der Waals surface area contributed by atoms with E-state index >= 15 is 0 Å². The molecule has 0 radical (unpaired) electrons. The molecule has 1 aromatic carbocycles. The first-order valence-electron chi connectivity index (χ1n) is 5.40. The second-order valence-electron chi connectivity index (χ2n) is 4.00. The molecule has 1 heterocycles. The molecule has 0 aliphatic carbocycles. The minimum absolute atomic E-state index is 0.175. The number of halogens is 3. The summed E-state index contributed by atoms with van der Waals surface area (Å²) in [5.41, 5.74) is 5.60. The Morgan fingerprint density at radius 3 is 2.21 bits per heavy atom. The molecule has 4 nitrogen and oxygen atoms in total. The summed E-state index contributed by atoms with van der Waals surface area (Å²) in [6, 6.07) is 1.16.